The van der Waals surface area contributed by atoms with Crippen molar-refractivity contribution >= 4 is 0 Å². The second kappa shape index (κ2) is 4.34. The molecule has 0 saturated carbocycles. The van der Waals surface area contributed by atoms with Crippen LogP contribution in [-0.2, 0) is 18.3 Å². The summed E-state index contributed by atoms with van der Waals surface area (Å²) in [7, 11) is 0. The summed E-state index contributed by atoms with van der Waals surface area (Å²) in [5.74, 6) is 0.768. The molecule has 0 unspecified atom stereocenters. The molecule has 0 spiro atoms. The highest BCUT2D eigenvalue weighted by Crippen LogP contribution is 2.29. The third kappa shape index (κ3) is 1.99. The third-order valence-electron chi connectivity index (χ3n) is 4.03. The van der Waals surface area contributed by atoms with Gasteiger partial charge >= 0.3 is 0 Å². The second-order valence-corrected chi connectivity index (χ2v) is 5.68. The first-order valence-electron chi connectivity index (χ1n) is 6.77. The lowest BCUT2D eigenvalue weighted by Gasteiger charge is -2.24. The average Bonchev–Trinajstić information content (AvgIpc) is 2.88. The van der Waals surface area contributed by atoms with Gasteiger partial charge in [0, 0.05) is 11.0 Å². The van der Waals surface area contributed by atoms with Crippen molar-refractivity contribution in [3.63, 3.8) is 0 Å². The van der Waals surface area contributed by atoms with Crippen LogP contribution in [0.4, 0.5) is 0 Å². The molecule has 1 heterocycles. The van der Waals surface area contributed by atoms with E-state index < -0.39 is 0 Å². The third-order valence-corrected chi connectivity index (χ3v) is 4.03. The van der Waals surface area contributed by atoms with Crippen LogP contribution < -0.4 is 5.56 Å². The van der Waals surface area contributed by atoms with Crippen LogP contribution in [-0.4, -0.2) is 9.97 Å². The summed E-state index contributed by atoms with van der Waals surface area (Å²) in [6, 6.07) is 10.2. The molecule has 1 aliphatic carbocycles. The Kier molecular flexibility index (Phi) is 2.77. The van der Waals surface area contributed by atoms with Crippen molar-refractivity contribution in [3.8, 4) is 0 Å². The molecule has 0 saturated heterocycles. The van der Waals surface area contributed by atoms with Crippen molar-refractivity contribution in [1.82, 2.24) is 9.97 Å². The largest absolute Gasteiger partial charge is 0.310 e. The van der Waals surface area contributed by atoms with Gasteiger partial charge in [-0.2, -0.15) is 0 Å². The topological polar surface area (TPSA) is 45.8 Å². The van der Waals surface area contributed by atoms with Crippen molar-refractivity contribution in [2.75, 3.05) is 0 Å². The quantitative estimate of drug-likeness (QED) is 0.895. The Bertz CT molecular complexity index is 656. The summed E-state index contributed by atoms with van der Waals surface area (Å²) < 4.78 is 0. The standard InChI is InChI=1S/C16H18N2O/c1-16(2,11-7-4-3-5-8-11)15-17-13-10-6-9-12(13)14(19)18-15/h3-5,7-8H,6,9-10H2,1-2H3,(H,17,18,19). The maximum Gasteiger partial charge on any atom is 0.254 e. The number of rotatable bonds is 2. The van der Waals surface area contributed by atoms with E-state index in [9.17, 15) is 4.79 Å². The number of benzene rings is 1. The fourth-order valence-electron chi connectivity index (χ4n) is 2.73. The zero-order valence-electron chi connectivity index (χ0n) is 11.4. The minimum Gasteiger partial charge on any atom is -0.310 e. The van der Waals surface area contributed by atoms with E-state index in [-0.39, 0.29) is 11.0 Å². The summed E-state index contributed by atoms with van der Waals surface area (Å²) in [6.07, 6.45) is 2.83. The lowest BCUT2D eigenvalue weighted by molar-refractivity contribution is 0.582. The smallest absolute Gasteiger partial charge is 0.254 e. The van der Waals surface area contributed by atoms with Crippen LogP contribution >= 0.6 is 0 Å². The molecule has 0 fully saturated rings. The van der Waals surface area contributed by atoms with Crippen LogP contribution in [0.25, 0.3) is 0 Å². The normalized spacial score (nSPS) is 14.4. The van der Waals surface area contributed by atoms with E-state index in [1.165, 1.54) is 0 Å². The van der Waals surface area contributed by atoms with Crippen molar-refractivity contribution < 1.29 is 0 Å². The zero-order chi connectivity index (χ0) is 13.5. The summed E-state index contributed by atoms with van der Waals surface area (Å²) >= 11 is 0. The van der Waals surface area contributed by atoms with Crippen LogP contribution in [0.1, 0.15) is 42.9 Å². The van der Waals surface area contributed by atoms with Crippen molar-refractivity contribution in [2.45, 2.75) is 38.5 Å². The summed E-state index contributed by atoms with van der Waals surface area (Å²) in [6.45, 7) is 4.20. The molecule has 2 aromatic rings. The van der Waals surface area contributed by atoms with E-state index in [1.807, 2.05) is 18.2 Å². The maximum atomic E-state index is 12.1. The van der Waals surface area contributed by atoms with Gasteiger partial charge < -0.3 is 4.98 Å². The number of aromatic nitrogens is 2. The van der Waals surface area contributed by atoms with Gasteiger partial charge in [-0.1, -0.05) is 30.3 Å². The Hall–Kier alpha value is -1.90. The maximum absolute atomic E-state index is 12.1. The lowest BCUT2D eigenvalue weighted by Crippen LogP contribution is -2.28. The Morgan fingerprint density at radius 1 is 1.16 bits per heavy atom. The monoisotopic (exact) mass is 254 g/mol. The van der Waals surface area contributed by atoms with Crippen LogP contribution in [0.15, 0.2) is 35.1 Å². The van der Waals surface area contributed by atoms with Crippen LogP contribution in [0.3, 0.4) is 0 Å². The summed E-state index contributed by atoms with van der Waals surface area (Å²) in [5.41, 5.74) is 2.80. The highest BCUT2D eigenvalue weighted by molar-refractivity contribution is 5.33. The first kappa shape index (κ1) is 12.2. The molecule has 19 heavy (non-hydrogen) atoms. The second-order valence-electron chi connectivity index (χ2n) is 5.68. The predicted octanol–water partition coefficient (Wildman–Crippen LogP) is 2.58. The van der Waals surface area contributed by atoms with Crippen LogP contribution in [0.2, 0.25) is 0 Å². The average molecular weight is 254 g/mol. The first-order valence-corrected chi connectivity index (χ1v) is 6.77. The number of aryl methyl sites for hydroxylation is 1. The molecule has 0 radical (unpaired) electrons. The molecule has 0 aliphatic heterocycles. The molecular weight excluding hydrogens is 236 g/mol. The molecule has 3 heteroatoms. The Morgan fingerprint density at radius 2 is 1.89 bits per heavy atom. The number of aromatic amines is 1. The SMILES string of the molecule is CC(C)(c1ccccc1)c1nc2c(c(=O)[nH]1)CCC2. The van der Waals surface area contributed by atoms with Crippen LogP contribution in [0.5, 0.6) is 0 Å². The number of nitrogens with one attached hydrogen (secondary N) is 1. The van der Waals surface area contributed by atoms with Gasteiger partial charge in [-0.05, 0) is 38.7 Å². The number of hydrogen-bond donors (Lipinski definition) is 1. The minimum absolute atomic E-state index is 0.0431. The highest BCUT2D eigenvalue weighted by atomic mass is 16.1. The molecule has 1 aromatic heterocycles. The van der Waals surface area contributed by atoms with E-state index >= 15 is 0 Å². The molecule has 0 bridgehead atoms. The van der Waals surface area contributed by atoms with Gasteiger partial charge in [-0.25, -0.2) is 4.98 Å². The molecule has 98 valence electrons. The summed E-state index contributed by atoms with van der Waals surface area (Å²) in [4.78, 5) is 19.8. The van der Waals surface area contributed by atoms with E-state index in [2.05, 4.69) is 31.0 Å². The van der Waals surface area contributed by atoms with E-state index in [4.69, 9.17) is 4.98 Å². The van der Waals surface area contributed by atoms with Gasteiger partial charge in [-0.3, -0.25) is 4.79 Å². The van der Waals surface area contributed by atoms with Crippen molar-refractivity contribution in [1.29, 1.82) is 0 Å². The van der Waals surface area contributed by atoms with Crippen LogP contribution in [0, 0.1) is 0 Å². The number of hydrogen-bond acceptors (Lipinski definition) is 2. The number of H-pyrrole nitrogens is 1. The molecule has 3 nitrogen and oxygen atoms in total. The molecular formula is C16H18N2O. The van der Waals surface area contributed by atoms with Gasteiger partial charge in [0.1, 0.15) is 5.82 Å². The lowest BCUT2D eigenvalue weighted by atomic mass is 9.83. The van der Waals surface area contributed by atoms with Gasteiger partial charge in [0.05, 0.1) is 5.69 Å². The highest BCUT2D eigenvalue weighted by Gasteiger charge is 2.28. The minimum atomic E-state index is -0.280. The molecule has 3 rings (SSSR count). The molecule has 0 atom stereocenters. The van der Waals surface area contributed by atoms with Gasteiger partial charge in [-0.15, -0.1) is 0 Å². The molecule has 1 aromatic carbocycles. The van der Waals surface area contributed by atoms with Gasteiger partial charge in [0.2, 0.25) is 0 Å². The Balaban J connectivity index is 2.12. The first-order chi connectivity index (χ1) is 9.09. The Labute approximate surface area is 112 Å². The fourth-order valence-corrected chi connectivity index (χ4v) is 2.73. The van der Waals surface area contributed by atoms with Crippen molar-refractivity contribution in [3.05, 3.63) is 63.3 Å². The van der Waals surface area contributed by atoms with E-state index in [0.717, 1.165) is 41.9 Å². The molecule has 0 amide bonds. The Morgan fingerprint density at radius 3 is 2.63 bits per heavy atom. The predicted molar refractivity (Wildman–Crippen MR) is 75.5 cm³/mol. The fraction of sp³-hybridized carbons (Fsp3) is 0.375. The molecule has 1 aliphatic rings. The number of nitrogens with zero attached hydrogens (tertiary/aromatic N) is 1. The summed E-state index contributed by atoms with van der Waals surface area (Å²) in [5, 5.41) is 0. The molecule has 1 N–H and O–H groups in total. The van der Waals surface area contributed by atoms with E-state index in [0.29, 0.717) is 0 Å². The van der Waals surface area contributed by atoms with Gasteiger partial charge in [0.15, 0.2) is 0 Å². The van der Waals surface area contributed by atoms with E-state index in [1.54, 1.807) is 0 Å². The number of fused-ring (bicyclic) bond motifs is 1. The van der Waals surface area contributed by atoms with Gasteiger partial charge in [0.25, 0.3) is 5.56 Å². The van der Waals surface area contributed by atoms with Crippen molar-refractivity contribution in [2.24, 2.45) is 0 Å². The zero-order valence-corrected chi connectivity index (χ0v) is 11.4.